The number of aliphatic hydroxyl groups is 1. The maximum Gasteiger partial charge on any atom is 0.255 e. The molecule has 1 aromatic heterocycles. The van der Waals surface area contributed by atoms with Crippen LogP contribution in [0.5, 0.6) is 0 Å². The molecule has 4 heteroatoms. The van der Waals surface area contributed by atoms with Crippen LogP contribution in [0.15, 0.2) is 6.07 Å². The van der Waals surface area contributed by atoms with Crippen LogP contribution >= 0.6 is 0 Å². The topological polar surface area (TPSA) is 45.5 Å². The summed E-state index contributed by atoms with van der Waals surface area (Å²) >= 11 is 0. The number of amides is 1. The van der Waals surface area contributed by atoms with Crippen LogP contribution in [-0.4, -0.2) is 40.2 Å². The van der Waals surface area contributed by atoms with Gasteiger partial charge in [0.1, 0.15) is 0 Å². The summed E-state index contributed by atoms with van der Waals surface area (Å²) in [6.07, 6.45) is 4.32. The van der Waals surface area contributed by atoms with E-state index in [4.69, 9.17) is 0 Å². The monoisotopic (exact) mass is 276 g/mol. The average molecular weight is 276 g/mol. The molecule has 1 aromatic rings. The lowest BCUT2D eigenvalue weighted by atomic mass is 9.97. The van der Waals surface area contributed by atoms with Gasteiger partial charge in [-0.15, -0.1) is 0 Å². The van der Waals surface area contributed by atoms with Gasteiger partial charge in [-0.25, -0.2) is 0 Å². The normalized spacial score (nSPS) is 20.4. The first-order valence-corrected chi connectivity index (χ1v) is 7.70. The highest BCUT2D eigenvalue weighted by Gasteiger charge is 2.30. The van der Waals surface area contributed by atoms with E-state index < -0.39 is 0 Å². The zero-order valence-electron chi connectivity index (χ0n) is 12.4. The fourth-order valence-electron chi connectivity index (χ4n) is 3.38. The number of likely N-dealkylation sites (tertiary alicyclic amines) is 1. The lowest BCUT2D eigenvalue weighted by molar-refractivity contribution is 0.0650. The van der Waals surface area contributed by atoms with E-state index in [1.165, 1.54) is 18.5 Å². The van der Waals surface area contributed by atoms with E-state index in [2.05, 4.69) is 18.4 Å². The Bertz CT molecular complexity index is 509. The number of hydrogen-bond acceptors (Lipinski definition) is 2. The highest BCUT2D eigenvalue weighted by Crippen LogP contribution is 2.38. The third-order valence-electron chi connectivity index (χ3n) is 4.79. The molecule has 1 saturated heterocycles. The number of piperidine rings is 1. The first kappa shape index (κ1) is 13.7. The third-order valence-corrected chi connectivity index (χ3v) is 4.79. The minimum absolute atomic E-state index is 0.168. The van der Waals surface area contributed by atoms with Gasteiger partial charge in [0.15, 0.2) is 0 Å². The number of carbonyl (C=O) groups excluding carboxylic acids is 1. The maximum atomic E-state index is 12.7. The molecule has 0 aromatic carbocycles. The Labute approximate surface area is 120 Å². The van der Waals surface area contributed by atoms with Crippen LogP contribution in [0.4, 0.5) is 0 Å². The number of rotatable bonds is 3. The summed E-state index contributed by atoms with van der Waals surface area (Å²) in [5.74, 6) is 0.541. The Morgan fingerprint density at radius 2 is 1.90 bits per heavy atom. The Morgan fingerprint density at radius 1 is 1.25 bits per heavy atom. The molecule has 2 heterocycles. The van der Waals surface area contributed by atoms with Crippen molar-refractivity contribution in [1.82, 2.24) is 9.47 Å². The molecule has 0 unspecified atom stereocenters. The van der Waals surface area contributed by atoms with Crippen molar-refractivity contribution < 1.29 is 9.90 Å². The van der Waals surface area contributed by atoms with Crippen LogP contribution in [0.2, 0.25) is 0 Å². The fraction of sp³-hybridized carbons (Fsp3) is 0.688. The van der Waals surface area contributed by atoms with Crippen molar-refractivity contribution in [1.29, 1.82) is 0 Å². The number of aryl methyl sites for hydroxylation is 1. The quantitative estimate of drug-likeness (QED) is 0.920. The number of aromatic nitrogens is 1. The minimum atomic E-state index is 0.168. The molecule has 110 valence electrons. The van der Waals surface area contributed by atoms with Gasteiger partial charge in [0.05, 0.1) is 5.56 Å². The van der Waals surface area contributed by atoms with Gasteiger partial charge < -0.3 is 14.6 Å². The maximum absolute atomic E-state index is 12.7. The molecular weight excluding hydrogens is 252 g/mol. The SMILES string of the molecule is Cc1cc(C(=O)N2CCC(CO)CC2)c(C)n1C1CC1. The molecule has 0 bridgehead atoms. The van der Waals surface area contributed by atoms with Gasteiger partial charge >= 0.3 is 0 Å². The molecule has 0 radical (unpaired) electrons. The highest BCUT2D eigenvalue weighted by molar-refractivity contribution is 5.95. The number of carbonyl (C=O) groups is 1. The molecule has 1 amide bonds. The number of aliphatic hydroxyl groups excluding tert-OH is 1. The smallest absolute Gasteiger partial charge is 0.255 e. The summed E-state index contributed by atoms with van der Waals surface area (Å²) in [6.45, 7) is 5.96. The van der Waals surface area contributed by atoms with E-state index in [-0.39, 0.29) is 12.5 Å². The summed E-state index contributed by atoms with van der Waals surface area (Å²) in [7, 11) is 0. The Balaban J connectivity index is 1.76. The van der Waals surface area contributed by atoms with Crippen LogP contribution in [0.1, 0.15) is 53.5 Å². The number of hydrogen-bond donors (Lipinski definition) is 1. The lowest BCUT2D eigenvalue weighted by Gasteiger charge is -2.31. The van der Waals surface area contributed by atoms with Crippen molar-refractivity contribution >= 4 is 5.91 Å². The average Bonchev–Trinajstić information content (AvgIpc) is 3.24. The Kier molecular flexibility index (Phi) is 3.59. The molecule has 20 heavy (non-hydrogen) atoms. The van der Waals surface area contributed by atoms with Crippen LogP contribution in [0, 0.1) is 19.8 Å². The van der Waals surface area contributed by atoms with Crippen LogP contribution in [0.25, 0.3) is 0 Å². The van der Waals surface area contributed by atoms with Gasteiger partial charge in [0.2, 0.25) is 0 Å². The van der Waals surface area contributed by atoms with E-state index in [9.17, 15) is 9.90 Å². The van der Waals surface area contributed by atoms with E-state index in [0.29, 0.717) is 12.0 Å². The van der Waals surface area contributed by atoms with Crippen molar-refractivity contribution in [2.75, 3.05) is 19.7 Å². The van der Waals surface area contributed by atoms with Gasteiger partial charge in [0, 0.05) is 37.1 Å². The van der Waals surface area contributed by atoms with Crippen molar-refractivity contribution in [3.8, 4) is 0 Å². The molecule has 2 fully saturated rings. The van der Waals surface area contributed by atoms with Crippen molar-refractivity contribution in [2.24, 2.45) is 5.92 Å². The second-order valence-corrected chi connectivity index (χ2v) is 6.30. The van der Waals surface area contributed by atoms with Gasteiger partial charge in [-0.2, -0.15) is 0 Å². The molecule has 3 rings (SSSR count). The first-order chi connectivity index (χ1) is 9.61. The first-order valence-electron chi connectivity index (χ1n) is 7.70. The Hall–Kier alpha value is -1.29. The summed E-state index contributed by atoms with van der Waals surface area (Å²) in [6, 6.07) is 2.67. The molecule has 0 spiro atoms. The molecule has 4 nitrogen and oxygen atoms in total. The largest absolute Gasteiger partial charge is 0.396 e. The molecule has 0 atom stereocenters. The zero-order valence-corrected chi connectivity index (χ0v) is 12.4. The van der Waals surface area contributed by atoms with Gasteiger partial charge in [-0.05, 0) is 51.5 Å². The van der Waals surface area contributed by atoms with Gasteiger partial charge in [0.25, 0.3) is 5.91 Å². The van der Waals surface area contributed by atoms with Gasteiger partial charge in [-0.3, -0.25) is 4.79 Å². The van der Waals surface area contributed by atoms with E-state index in [1.54, 1.807) is 0 Å². The van der Waals surface area contributed by atoms with Crippen molar-refractivity contribution in [3.63, 3.8) is 0 Å². The molecule has 1 aliphatic carbocycles. The molecule has 1 aliphatic heterocycles. The second kappa shape index (κ2) is 5.24. The van der Waals surface area contributed by atoms with E-state index >= 15 is 0 Å². The molecule has 2 aliphatic rings. The summed E-state index contributed by atoms with van der Waals surface area (Å²) in [4.78, 5) is 14.6. The van der Waals surface area contributed by atoms with Crippen LogP contribution < -0.4 is 0 Å². The zero-order chi connectivity index (χ0) is 14.3. The van der Waals surface area contributed by atoms with Crippen molar-refractivity contribution in [3.05, 3.63) is 23.0 Å². The third kappa shape index (κ3) is 2.37. The minimum Gasteiger partial charge on any atom is -0.396 e. The number of nitrogens with zero attached hydrogens (tertiary/aromatic N) is 2. The summed E-state index contributed by atoms with van der Waals surface area (Å²) < 4.78 is 2.33. The molecule has 1 N–H and O–H groups in total. The highest BCUT2D eigenvalue weighted by atomic mass is 16.3. The second-order valence-electron chi connectivity index (χ2n) is 6.30. The van der Waals surface area contributed by atoms with Crippen molar-refractivity contribution in [2.45, 2.75) is 45.6 Å². The standard InChI is InChI=1S/C16H24N2O2/c1-11-9-15(12(2)18(11)14-3-4-14)16(20)17-7-5-13(10-19)6-8-17/h9,13-14,19H,3-8,10H2,1-2H3. The fourth-order valence-corrected chi connectivity index (χ4v) is 3.38. The summed E-state index contributed by atoms with van der Waals surface area (Å²) in [5, 5.41) is 9.18. The lowest BCUT2D eigenvalue weighted by Crippen LogP contribution is -2.39. The van der Waals surface area contributed by atoms with Gasteiger partial charge in [-0.1, -0.05) is 0 Å². The van der Waals surface area contributed by atoms with E-state index in [1.807, 2.05) is 11.0 Å². The predicted octanol–water partition coefficient (Wildman–Crippen LogP) is 2.28. The summed E-state index contributed by atoms with van der Waals surface area (Å²) in [5.41, 5.74) is 3.20. The Morgan fingerprint density at radius 3 is 2.45 bits per heavy atom. The van der Waals surface area contributed by atoms with E-state index in [0.717, 1.165) is 37.2 Å². The predicted molar refractivity (Wildman–Crippen MR) is 77.9 cm³/mol. The molecular formula is C16H24N2O2. The van der Waals surface area contributed by atoms with Crippen LogP contribution in [0.3, 0.4) is 0 Å². The molecule has 1 saturated carbocycles. The van der Waals surface area contributed by atoms with Crippen LogP contribution in [-0.2, 0) is 0 Å².